The summed E-state index contributed by atoms with van der Waals surface area (Å²) in [5.74, 6) is 2.08. The van der Waals surface area contributed by atoms with E-state index in [4.69, 9.17) is 4.98 Å². The highest BCUT2D eigenvalue weighted by Crippen LogP contribution is 2.36. The molecule has 0 radical (unpaired) electrons. The summed E-state index contributed by atoms with van der Waals surface area (Å²) >= 11 is 0. The molecule has 6 nitrogen and oxygen atoms in total. The van der Waals surface area contributed by atoms with Gasteiger partial charge in [0.15, 0.2) is 0 Å². The Hall–Kier alpha value is -2.94. The fraction of sp³-hybridized carbons (Fsp3) is 0.480. The molecule has 3 aliphatic heterocycles. The van der Waals surface area contributed by atoms with Crippen LogP contribution in [0.2, 0.25) is 0 Å². The molecular formula is C25H29F3N6. The molecule has 0 aliphatic carbocycles. The lowest BCUT2D eigenvalue weighted by Crippen LogP contribution is -2.61. The zero-order valence-electron chi connectivity index (χ0n) is 19.8. The van der Waals surface area contributed by atoms with Gasteiger partial charge in [-0.1, -0.05) is 12.1 Å². The van der Waals surface area contributed by atoms with Crippen LogP contribution >= 0.6 is 0 Å². The summed E-state index contributed by atoms with van der Waals surface area (Å²) in [6.07, 6.45) is -0.262. The van der Waals surface area contributed by atoms with Crippen molar-refractivity contribution in [2.24, 2.45) is 0 Å². The lowest BCUT2D eigenvalue weighted by molar-refractivity contribution is -0.138. The van der Waals surface area contributed by atoms with E-state index < -0.39 is 11.7 Å². The Balaban J connectivity index is 1.50. The number of piperazine rings is 1. The zero-order chi connectivity index (χ0) is 24.2. The number of aromatic nitrogens is 3. The number of benzene rings is 1. The number of nitrogens with one attached hydrogen (secondary N) is 1. The Labute approximate surface area is 197 Å². The van der Waals surface area contributed by atoms with Gasteiger partial charge in [-0.05, 0) is 63.9 Å². The first-order chi connectivity index (χ1) is 16.1. The smallest absolute Gasteiger partial charge is 0.363 e. The minimum absolute atomic E-state index is 0.223. The number of aryl methyl sites for hydroxylation is 1. The average molecular weight is 471 g/mol. The van der Waals surface area contributed by atoms with E-state index in [9.17, 15) is 13.2 Å². The molecule has 6 rings (SSSR count). The number of anilines is 2. The highest BCUT2D eigenvalue weighted by atomic mass is 19.4. The molecule has 0 unspecified atom stereocenters. The third-order valence-corrected chi connectivity index (χ3v) is 7.28. The van der Waals surface area contributed by atoms with Gasteiger partial charge in [0, 0.05) is 30.6 Å². The topological polar surface area (TPSA) is 57.2 Å². The van der Waals surface area contributed by atoms with E-state index in [1.165, 1.54) is 19.4 Å². The van der Waals surface area contributed by atoms with Crippen LogP contribution in [0.15, 0.2) is 30.5 Å². The molecule has 3 aliphatic rings. The Bertz CT molecular complexity index is 1230. The minimum atomic E-state index is -4.39. The standard InChI is InChI=1S/C25H29F3N6/c1-14-19(6-5-7-21(14)25(26,27)28)15(2)30-24-20-10-23(29-11-22(20)31-16(3)32-24)34-13-17-8-9-18(34)12-33(17)4/h5-7,10-11,15,17-18H,8-9,12-13H2,1-4H3,(H,30,31,32)/t15-,17-,18-/m1/s1. The normalized spacial score (nSPS) is 21.8. The molecule has 3 fully saturated rings. The van der Waals surface area contributed by atoms with Gasteiger partial charge in [0.05, 0.1) is 23.3 Å². The second-order valence-electron chi connectivity index (χ2n) is 9.54. The van der Waals surface area contributed by atoms with Crippen molar-refractivity contribution in [3.05, 3.63) is 53.0 Å². The Kier molecular flexibility index (Phi) is 5.62. The monoisotopic (exact) mass is 470 g/mol. The molecular weight excluding hydrogens is 441 g/mol. The number of fused-ring (bicyclic) bond motifs is 4. The zero-order valence-corrected chi connectivity index (χ0v) is 19.8. The molecule has 180 valence electrons. The average Bonchev–Trinajstić information content (AvgIpc) is 2.78. The Morgan fingerprint density at radius 2 is 1.85 bits per heavy atom. The number of piperidine rings is 2. The maximum atomic E-state index is 13.4. The third kappa shape index (κ3) is 4.06. The number of hydrogen-bond acceptors (Lipinski definition) is 6. The second-order valence-corrected chi connectivity index (χ2v) is 9.54. The van der Waals surface area contributed by atoms with Gasteiger partial charge in [-0.3, -0.25) is 4.90 Å². The molecule has 1 N–H and O–H groups in total. The van der Waals surface area contributed by atoms with Crippen LogP contribution in [0.4, 0.5) is 24.8 Å². The van der Waals surface area contributed by atoms with E-state index in [-0.39, 0.29) is 11.6 Å². The number of pyridine rings is 1. The molecule has 5 heterocycles. The summed E-state index contributed by atoms with van der Waals surface area (Å²) in [7, 11) is 2.18. The molecule has 3 atom stereocenters. The van der Waals surface area contributed by atoms with Crippen LogP contribution < -0.4 is 10.2 Å². The number of alkyl halides is 3. The van der Waals surface area contributed by atoms with Crippen molar-refractivity contribution in [3.8, 4) is 0 Å². The van der Waals surface area contributed by atoms with Gasteiger partial charge in [0.1, 0.15) is 17.5 Å². The number of hydrogen-bond donors (Lipinski definition) is 1. The first-order valence-electron chi connectivity index (χ1n) is 11.7. The number of likely N-dealkylation sites (N-methyl/N-ethyl adjacent to an activating group) is 1. The van der Waals surface area contributed by atoms with E-state index >= 15 is 0 Å². The molecule has 3 aromatic rings. The molecule has 34 heavy (non-hydrogen) atoms. The van der Waals surface area contributed by atoms with E-state index in [1.807, 2.05) is 13.0 Å². The molecule has 3 saturated heterocycles. The van der Waals surface area contributed by atoms with E-state index in [1.54, 1.807) is 19.2 Å². The van der Waals surface area contributed by atoms with Crippen LogP contribution in [0, 0.1) is 13.8 Å². The first kappa shape index (κ1) is 22.8. The molecule has 0 saturated carbocycles. The van der Waals surface area contributed by atoms with E-state index in [0.29, 0.717) is 34.8 Å². The number of nitrogens with zero attached hydrogens (tertiary/aromatic N) is 5. The molecule has 0 spiro atoms. The van der Waals surface area contributed by atoms with Crippen molar-refractivity contribution in [3.63, 3.8) is 0 Å². The summed E-state index contributed by atoms with van der Waals surface area (Å²) in [5.41, 5.74) is 0.913. The quantitative estimate of drug-likeness (QED) is 0.572. The van der Waals surface area contributed by atoms with Crippen molar-refractivity contribution in [2.75, 3.05) is 30.4 Å². The second kappa shape index (κ2) is 8.37. The predicted molar refractivity (Wildman–Crippen MR) is 127 cm³/mol. The number of halogens is 3. The maximum absolute atomic E-state index is 13.4. The van der Waals surface area contributed by atoms with Gasteiger partial charge in [-0.25, -0.2) is 15.0 Å². The highest BCUT2D eigenvalue weighted by molar-refractivity contribution is 5.90. The van der Waals surface area contributed by atoms with Gasteiger partial charge >= 0.3 is 6.18 Å². The highest BCUT2D eigenvalue weighted by Gasteiger charge is 2.38. The lowest BCUT2D eigenvalue weighted by atomic mass is 9.91. The molecule has 0 amide bonds. The van der Waals surface area contributed by atoms with Crippen LogP contribution in [0.1, 0.15) is 48.3 Å². The molecule has 2 bridgehead atoms. The van der Waals surface area contributed by atoms with Crippen LogP contribution in [0.25, 0.3) is 10.9 Å². The summed E-state index contributed by atoms with van der Waals surface area (Å²) in [4.78, 5) is 18.7. The summed E-state index contributed by atoms with van der Waals surface area (Å²) in [6, 6.07) is 6.90. The largest absolute Gasteiger partial charge is 0.416 e. The molecule has 9 heteroatoms. The summed E-state index contributed by atoms with van der Waals surface area (Å²) in [6.45, 7) is 7.14. The van der Waals surface area contributed by atoms with Crippen molar-refractivity contribution < 1.29 is 13.2 Å². The maximum Gasteiger partial charge on any atom is 0.416 e. The molecule has 1 aromatic carbocycles. The fourth-order valence-corrected chi connectivity index (χ4v) is 5.44. The SMILES string of the molecule is Cc1nc(N[C@H](C)c2cccc(C(F)(F)F)c2C)c2cc(N3C[C@H]4CC[C@@H]3CN4C)ncc2n1. The van der Waals surface area contributed by atoms with E-state index in [0.717, 1.165) is 36.8 Å². The number of rotatable bonds is 4. The van der Waals surface area contributed by atoms with Gasteiger partial charge in [0.2, 0.25) is 0 Å². The minimum Gasteiger partial charge on any atom is -0.363 e. The van der Waals surface area contributed by atoms with Gasteiger partial charge < -0.3 is 10.2 Å². The van der Waals surface area contributed by atoms with Gasteiger partial charge in [-0.15, -0.1) is 0 Å². The Morgan fingerprint density at radius 1 is 1.09 bits per heavy atom. The first-order valence-corrected chi connectivity index (χ1v) is 11.7. The van der Waals surface area contributed by atoms with Crippen LogP contribution in [0.3, 0.4) is 0 Å². The predicted octanol–water partition coefficient (Wildman–Crippen LogP) is 5.12. The van der Waals surface area contributed by atoms with Crippen molar-refractivity contribution in [1.82, 2.24) is 19.9 Å². The summed E-state index contributed by atoms with van der Waals surface area (Å²) < 4.78 is 40.3. The van der Waals surface area contributed by atoms with Crippen LogP contribution in [0.5, 0.6) is 0 Å². The molecule has 2 aromatic heterocycles. The van der Waals surface area contributed by atoms with Crippen molar-refractivity contribution in [1.29, 1.82) is 0 Å². The fourth-order valence-electron chi connectivity index (χ4n) is 5.44. The van der Waals surface area contributed by atoms with Crippen LogP contribution in [-0.4, -0.2) is 52.1 Å². The van der Waals surface area contributed by atoms with Crippen molar-refractivity contribution >= 4 is 22.5 Å². The van der Waals surface area contributed by atoms with Gasteiger partial charge in [-0.2, -0.15) is 13.2 Å². The van der Waals surface area contributed by atoms with E-state index in [2.05, 4.69) is 32.1 Å². The lowest BCUT2D eigenvalue weighted by Gasteiger charge is -2.50. The third-order valence-electron chi connectivity index (χ3n) is 7.28. The van der Waals surface area contributed by atoms with Gasteiger partial charge in [0.25, 0.3) is 0 Å². The van der Waals surface area contributed by atoms with Crippen molar-refractivity contribution in [2.45, 2.75) is 57.9 Å². The van der Waals surface area contributed by atoms with Crippen LogP contribution in [-0.2, 0) is 6.18 Å². The Morgan fingerprint density at radius 3 is 2.53 bits per heavy atom. The summed E-state index contributed by atoms with van der Waals surface area (Å²) in [5, 5.41) is 4.18.